The van der Waals surface area contributed by atoms with E-state index in [0.29, 0.717) is 5.56 Å². The third-order valence-electron chi connectivity index (χ3n) is 2.92. The lowest BCUT2D eigenvalue weighted by Crippen LogP contribution is -2.42. The normalized spacial score (nSPS) is 10.8. The third-order valence-corrected chi connectivity index (χ3v) is 2.92. The van der Waals surface area contributed by atoms with Crippen molar-refractivity contribution in [1.82, 2.24) is 5.32 Å². The molecule has 0 fully saturated rings. The van der Waals surface area contributed by atoms with Gasteiger partial charge < -0.3 is 25.5 Å². The van der Waals surface area contributed by atoms with Gasteiger partial charge in [-0.3, -0.25) is 4.79 Å². The molecule has 24 heavy (non-hydrogen) atoms. The topological polar surface area (TPSA) is 127 Å². The van der Waals surface area contributed by atoms with E-state index in [1.165, 1.54) is 0 Å². The molecule has 0 saturated carbocycles. The van der Waals surface area contributed by atoms with Gasteiger partial charge in [0.1, 0.15) is 6.04 Å². The van der Waals surface area contributed by atoms with Gasteiger partial charge in [0.25, 0.3) is 5.91 Å². The molecule has 0 spiro atoms. The highest BCUT2D eigenvalue weighted by atomic mass is 16.5. The Kier molecular flexibility index (Phi) is 8.21. The Morgan fingerprint density at radius 1 is 0.917 bits per heavy atom. The fourth-order valence-corrected chi connectivity index (χ4v) is 1.88. The van der Waals surface area contributed by atoms with E-state index in [-0.39, 0.29) is 12.3 Å². The summed E-state index contributed by atoms with van der Waals surface area (Å²) in [6, 6.07) is 16.9. The van der Waals surface area contributed by atoms with Gasteiger partial charge in [0.05, 0.1) is 0 Å². The molecule has 2 aromatic rings. The SMILES string of the molecule is O=C(N[C@@H](Cc1ccccc1)C(=O)O)c1ccccc1.OB(O)O. The summed E-state index contributed by atoms with van der Waals surface area (Å²) >= 11 is 0. The van der Waals surface area contributed by atoms with Gasteiger partial charge >= 0.3 is 13.3 Å². The van der Waals surface area contributed by atoms with E-state index in [9.17, 15) is 14.7 Å². The highest BCUT2D eigenvalue weighted by molar-refractivity contribution is 6.30. The van der Waals surface area contributed by atoms with Gasteiger partial charge in [-0.05, 0) is 17.7 Å². The van der Waals surface area contributed by atoms with Crippen LogP contribution in [-0.4, -0.2) is 45.4 Å². The zero-order valence-electron chi connectivity index (χ0n) is 12.7. The minimum atomic E-state index is -2.17. The average molecular weight is 331 g/mol. The molecule has 0 saturated heterocycles. The van der Waals surface area contributed by atoms with Gasteiger partial charge in [0.2, 0.25) is 0 Å². The van der Waals surface area contributed by atoms with Crippen molar-refractivity contribution in [2.75, 3.05) is 0 Å². The van der Waals surface area contributed by atoms with Crippen molar-refractivity contribution in [2.24, 2.45) is 0 Å². The number of carboxylic acid groups (broad SMARTS) is 1. The van der Waals surface area contributed by atoms with Gasteiger partial charge in [-0.2, -0.15) is 0 Å². The Bertz CT molecular complexity index is 633. The van der Waals surface area contributed by atoms with Crippen molar-refractivity contribution in [1.29, 1.82) is 0 Å². The van der Waals surface area contributed by atoms with Crippen molar-refractivity contribution in [3.63, 3.8) is 0 Å². The van der Waals surface area contributed by atoms with Crippen LogP contribution >= 0.6 is 0 Å². The summed E-state index contributed by atoms with van der Waals surface area (Å²) in [5.41, 5.74) is 1.32. The highest BCUT2D eigenvalue weighted by Crippen LogP contribution is 2.05. The zero-order chi connectivity index (χ0) is 17.9. The molecule has 0 aliphatic carbocycles. The van der Waals surface area contributed by atoms with Crippen molar-refractivity contribution in [2.45, 2.75) is 12.5 Å². The number of carboxylic acids is 1. The number of carbonyl (C=O) groups excluding carboxylic acids is 1. The highest BCUT2D eigenvalue weighted by Gasteiger charge is 2.20. The lowest BCUT2D eigenvalue weighted by Gasteiger charge is -2.14. The molecule has 0 aliphatic rings. The second kappa shape index (κ2) is 10.2. The molecule has 5 N–H and O–H groups in total. The number of rotatable bonds is 5. The number of aliphatic carboxylic acids is 1. The van der Waals surface area contributed by atoms with E-state index in [1.807, 2.05) is 30.3 Å². The maximum atomic E-state index is 12.0. The van der Waals surface area contributed by atoms with E-state index in [2.05, 4.69) is 5.32 Å². The largest absolute Gasteiger partial charge is 0.631 e. The fourth-order valence-electron chi connectivity index (χ4n) is 1.88. The third kappa shape index (κ3) is 7.55. The molecule has 7 nitrogen and oxygen atoms in total. The Labute approximate surface area is 139 Å². The van der Waals surface area contributed by atoms with Crippen LogP contribution in [0.3, 0.4) is 0 Å². The first-order valence-electron chi connectivity index (χ1n) is 7.07. The number of hydrogen-bond donors (Lipinski definition) is 5. The van der Waals surface area contributed by atoms with Crippen LogP contribution < -0.4 is 5.32 Å². The lowest BCUT2D eigenvalue weighted by atomic mass is 10.1. The monoisotopic (exact) mass is 331 g/mol. The number of nitrogens with one attached hydrogen (secondary N) is 1. The molecule has 0 heterocycles. The molecular weight excluding hydrogens is 313 g/mol. The van der Waals surface area contributed by atoms with Crippen LogP contribution in [0.4, 0.5) is 0 Å². The molecule has 2 aromatic carbocycles. The van der Waals surface area contributed by atoms with E-state index < -0.39 is 19.3 Å². The Morgan fingerprint density at radius 2 is 1.38 bits per heavy atom. The Hall–Kier alpha value is -2.68. The Morgan fingerprint density at radius 3 is 1.83 bits per heavy atom. The predicted octanol–water partition coefficient (Wildman–Crippen LogP) is 0.0605. The summed E-state index contributed by atoms with van der Waals surface area (Å²) in [5.74, 6) is -1.42. The average Bonchev–Trinajstić information content (AvgIpc) is 2.55. The minimum Gasteiger partial charge on any atom is -0.480 e. The number of hydrogen-bond acceptors (Lipinski definition) is 5. The lowest BCUT2D eigenvalue weighted by molar-refractivity contribution is -0.139. The molecule has 0 aromatic heterocycles. The first-order chi connectivity index (χ1) is 11.4. The van der Waals surface area contributed by atoms with Crippen molar-refractivity contribution in [3.8, 4) is 0 Å². The number of amides is 1. The van der Waals surface area contributed by atoms with Gasteiger partial charge in [0, 0.05) is 12.0 Å². The quantitative estimate of drug-likeness (QED) is 0.493. The first-order valence-corrected chi connectivity index (χ1v) is 7.07. The molecule has 0 unspecified atom stereocenters. The van der Waals surface area contributed by atoms with Crippen LogP contribution in [0.15, 0.2) is 60.7 Å². The van der Waals surface area contributed by atoms with Crippen LogP contribution in [-0.2, 0) is 11.2 Å². The Balaban J connectivity index is 0.000000648. The number of carbonyl (C=O) groups is 2. The van der Waals surface area contributed by atoms with E-state index in [1.54, 1.807) is 30.3 Å². The second-order valence-corrected chi connectivity index (χ2v) is 4.77. The van der Waals surface area contributed by atoms with Gasteiger partial charge in [0.15, 0.2) is 0 Å². The van der Waals surface area contributed by atoms with Crippen molar-refractivity contribution in [3.05, 3.63) is 71.8 Å². The first kappa shape index (κ1) is 19.4. The minimum absolute atomic E-state index is 0.259. The van der Waals surface area contributed by atoms with Crippen molar-refractivity contribution >= 4 is 19.2 Å². The molecule has 0 aliphatic heterocycles. The zero-order valence-corrected chi connectivity index (χ0v) is 12.7. The molecule has 1 atom stereocenters. The van der Waals surface area contributed by atoms with Crippen LogP contribution in [0.25, 0.3) is 0 Å². The maximum Gasteiger partial charge on any atom is 0.631 e. The van der Waals surface area contributed by atoms with Gasteiger partial charge in [-0.1, -0.05) is 48.5 Å². The molecule has 2 rings (SSSR count). The second-order valence-electron chi connectivity index (χ2n) is 4.77. The molecule has 1 amide bonds. The summed E-state index contributed by atoms with van der Waals surface area (Å²) in [6.07, 6.45) is 0.259. The standard InChI is InChI=1S/C16H15NO3.BH3O3/c18-15(13-9-5-2-6-10-13)17-14(16(19)20)11-12-7-3-1-4-8-12;2-1(3)4/h1-10,14H,11H2,(H,17,18)(H,19,20);2-4H/t14-;/m0./s1. The fraction of sp³-hybridized carbons (Fsp3) is 0.125. The van der Waals surface area contributed by atoms with Crippen LogP contribution in [0.1, 0.15) is 15.9 Å². The van der Waals surface area contributed by atoms with E-state index >= 15 is 0 Å². The van der Waals surface area contributed by atoms with Gasteiger partial charge in [-0.15, -0.1) is 0 Å². The summed E-state index contributed by atoms with van der Waals surface area (Å²) in [6.45, 7) is 0. The van der Waals surface area contributed by atoms with E-state index in [4.69, 9.17) is 15.1 Å². The molecule has 0 radical (unpaired) electrons. The molecular formula is C16H18BNO6. The van der Waals surface area contributed by atoms with E-state index in [0.717, 1.165) is 5.56 Å². The summed E-state index contributed by atoms with van der Waals surface area (Å²) in [4.78, 5) is 23.2. The van der Waals surface area contributed by atoms with Crippen LogP contribution in [0.2, 0.25) is 0 Å². The van der Waals surface area contributed by atoms with Crippen LogP contribution in [0.5, 0.6) is 0 Å². The smallest absolute Gasteiger partial charge is 0.480 e. The summed E-state index contributed by atoms with van der Waals surface area (Å²) < 4.78 is 0. The molecule has 0 bridgehead atoms. The molecule has 126 valence electrons. The van der Waals surface area contributed by atoms with Gasteiger partial charge in [-0.25, -0.2) is 4.79 Å². The van der Waals surface area contributed by atoms with Crippen molar-refractivity contribution < 1.29 is 29.8 Å². The predicted molar refractivity (Wildman–Crippen MR) is 87.9 cm³/mol. The summed E-state index contributed by atoms with van der Waals surface area (Å²) in [5, 5.41) is 33.3. The molecule has 8 heteroatoms. The number of benzene rings is 2. The summed E-state index contributed by atoms with van der Waals surface area (Å²) in [7, 11) is -2.17. The maximum absolute atomic E-state index is 12.0. The van der Waals surface area contributed by atoms with Crippen LogP contribution in [0, 0.1) is 0 Å².